The summed E-state index contributed by atoms with van der Waals surface area (Å²) in [5, 5.41) is -0.286. The van der Waals surface area contributed by atoms with Crippen molar-refractivity contribution in [1.29, 1.82) is 0 Å². The van der Waals surface area contributed by atoms with Gasteiger partial charge in [0.05, 0.1) is 5.75 Å². The molecule has 0 aromatic heterocycles. The van der Waals surface area contributed by atoms with Crippen molar-refractivity contribution < 1.29 is 9.18 Å². The minimum Gasteiger partial charge on any atom is -0.295 e. The first-order chi connectivity index (χ1) is 9.66. The molecule has 1 aliphatic rings. The average molecular weight is 287 g/mol. The van der Waals surface area contributed by atoms with Gasteiger partial charge in [-0.3, -0.25) is 9.69 Å². The van der Waals surface area contributed by atoms with Gasteiger partial charge in [-0.15, -0.1) is 11.8 Å². The maximum absolute atomic E-state index is 14.0. The highest BCUT2D eigenvalue weighted by molar-refractivity contribution is 8.00. The van der Waals surface area contributed by atoms with Crippen molar-refractivity contribution in [2.75, 3.05) is 10.7 Å². The molecule has 1 amide bonds. The lowest BCUT2D eigenvalue weighted by molar-refractivity contribution is -0.115. The van der Waals surface area contributed by atoms with Crippen molar-refractivity contribution in [3.8, 4) is 0 Å². The van der Waals surface area contributed by atoms with E-state index >= 15 is 0 Å². The van der Waals surface area contributed by atoms with Crippen LogP contribution in [-0.4, -0.2) is 11.7 Å². The number of hydrogen-bond acceptors (Lipinski definition) is 2. The molecule has 1 saturated heterocycles. The molecule has 0 unspecified atom stereocenters. The minimum atomic E-state index is -0.286. The van der Waals surface area contributed by atoms with Crippen LogP contribution in [-0.2, 0) is 4.79 Å². The molecule has 0 N–H and O–H groups in total. The lowest BCUT2D eigenvalue weighted by Gasteiger charge is -2.24. The lowest BCUT2D eigenvalue weighted by atomic mass is 10.1. The molecule has 1 aliphatic heterocycles. The van der Waals surface area contributed by atoms with Crippen molar-refractivity contribution >= 4 is 23.4 Å². The number of carbonyl (C=O) groups is 1. The Bertz CT molecular complexity index is 641. The van der Waals surface area contributed by atoms with Crippen LogP contribution in [0.3, 0.4) is 0 Å². The molecule has 0 bridgehead atoms. The van der Waals surface area contributed by atoms with Crippen LogP contribution in [0.2, 0.25) is 0 Å². The monoisotopic (exact) mass is 287 g/mol. The second kappa shape index (κ2) is 5.29. The summed E-state index contributed by atoms with van der Waals surface area (Å²) in [6.07, 6.45) is 0. The van der Waals surface area contributed by atoms with Crippen molar-refractivity contribution in [3.63, 3.8) is 0 Å². The number of benzene rings is 2. The molecule has 1 heterocycles. The number of anilines is 1. The van der Waals surface area contributed by atoms with Gasteiger partial charge in [0.15, 0.2) is 0 Å². The van der Waals surface area contributed by atoms with Gasteiger partial charge in [-0.05, 0) is 25.1 Å². The van der Waals surface area contributed by atoms with Gasteiger partial charge in [-0.2, -0.15) is 0 Å². The summed E-state index contributed by atoms with van der Waals surface area (Å²) in [5.74, 6) is 0.135. The van der Waals surface area contributed by atoms with Crippen molar-refractivity contribution in [2.24, 2.45) is 0 Å². The smallest absolute Gasteiger partial charge is 0.238 e. The topological polar surface area (TPSA) is 20.3 Å². The van der Waals surface area contributed by atoms with E-state index in [1.165, 1.54) is 17.8 Å². The summed E-state index contributed by atoms with van der Waals surface area (Å²) in [5.41, 5.74) is 2.51. The summed E-state index contributed by atoms with van der Waals surface area (Å²) < 4.78 is 14.0. The molecule has 20 heavy (non-hydrogen) atoms. The van der Waals surface area contributed by atoms with Crippen LogP contribution >= 0.6 is 11.8 Å². The third-order valence-corrected chi connectivity index (χ3v) is 4.55. The van der Waals surface area contributed by atoms with E-state index in [1.54, 1.807) is 23.1 Å². The zero-order valence-electron chi connectivity index (χ0n) is 11.0. The maximum atomic E-state index is 14.0. The van der Waals surface area contributed by atoms with Gasteiger partial charge < -0.3 is 0 Å². The minimum absolute atomic E-state index is 0.0205. The van der Waals surface area contributed by atoms with Gasteiger partial charge in [-0.25, -0.2) is 4.39 Å². The molecule has 2 nitrogen and oxygen atoms in total. The van der Waals surface area contributed by atoms with Crippen LogP contribution in [0.5, 0.6) is 0 Å². The molecule has 0 radical (unpaired) electrons. The van der Waals surface area contributed by atoms with E-state index in [-0.39, 0.29) is 17.1 Å². The largest absolute Gasteiger partial charge is 0.295 e. The Morgan fingerprint density at radius 2 is 1.85 bits per heavy atom. The summed E-state index contributed by atoms with van der Waals surface area (Å²) in [4.78, 5) is 13.8. The van der Waals surface area contributed by atoms with E-state index in [0.29, 0.717) is 11.3 Å². The number of aryl methyl sites for hydroxylation is 1. The highest BCUT2D eigenvalue weighted by Gasteiger charge is 2.35. The quantitative estimate of drug-likeness (QED) is 0.834. The van der Waals surface area contributed by atoms with Gasteiger partial charge in [-0.1, -0.05) is 35.9 Å². The molecule has 0 spiro atoms. The van der Waals surface area contributed by atoms with E-state index in [0.717, 1.165) is 11.3 Å². The predicted molar refractivity (Wildman–Crippen MR) is 80.3 cm³/mol. The van der Waals surface area contributed by atoms with Crippen LogP contribution in [0.4, 0.5) is 10.1 Å². The molecule has 3 rings (SSSR count). The fraction of sp³-hybridized carbons (Fsp3) is 0.188. The van der Waals surface area contributed by atoms with Crippen molar-refractivity contribution in [3.05, 3.63) is 65.5 Å². The lowest BCUT2D eigenvalue weighted by Crippen LogP contribution is -2.28. The number of amides is 1. The van der Waals surface area contributed by atoms with E-state index in [4.69, 9.17) is 0 Å². The molecule has 102 valence electrons. The summed E-state index contributed by atoms with van der Waals surface area (Å²) in [6, 6.07) is 14.4. The fourth-order valence-electron chi connectivity index (χ4n) is 2.31. The highest BCUT2D eigenvalue weighted by atomic mass is 32.2. The van der Waals surface area contributed by atoms with E-state index in [9.17, 15) is 9.18 Å². The second-order valence-electron chi connectivity index (χ2n) is 4.78. The number of rotatable bonds is 2. The van der Waals surface area contributed by atoms with Crippen LogP contribution in [0, 0.1) is 12.7 Å². The van der Waals surface area contributed by atoms with Crippen molar-refractivity contribution in [1.82, 2.24) is 0 Å². The number of thioether (sulfide) groups is 1. The second-order valence-corrected chi connectivity index (χ2v) is 5.85. The molecule has 0 saturated carbocycles. The molecule has 1 fully saturated rings. The van der Waals surface area contributed by atoms with Gasteiger partial charge in [0.25, 0.3) is 0 Å². The SMILES string of the molecule is Cc1ccc(N2C(=O)CS[C@@H]2c2ccccc2F)cc1. The van der Waals surface area contributed by atoms with E-state index < -0.39 is 0 Å². The molecule has 4 heteroatoms. The van der Waals surface area contributed by atoms with E-state index in [2.05, 4.69) is 0 Å². The Hall–Kier alpha value is -1.81. The highest BCUT2D eigenvalue weighted by Crippen LogP contribution is 2.42. The summed E-state index contributed by atoms with van der Waals surface area (Å²) >= 11 is 1.46. The molecule has 0 aliphatic carbocycles. The zero-order valence-corrected chi connectivity index (χ0v) is 11.9. The van der Waals surface area contributed by atoms with Gasteiger partial charge >= 0.3 is 0 Å². The first-order valence-corrected chi connectivity index (χ1v) is 7.46. The molecule has 2 aromatic carbocycles. The first kappa shape index (κ1) is 13.2. The Morgan fingerprint density at radius 3 is 2.55 bits per heavy atom. The Morgan fingerprint density at radius 1 is 1.15 bits per heavy atom. The maximum Gasteiger partial charge on any atom is 0.238 e. The molecule has 2 aromatic rings. The number of nitrogens with zero attached hydrogens (tertiary/aromatic N) is 1. The Kier molecular flexibility index (Phi) is 3.49. The Labute approximate surface area is 121 Å². The van der Waals surface area contributed by atoms with Crippen LogP contribution in [0.25, 0.3) is 0 Å². The normalized spacial score (nSPS) is 18.6. The van der Waals surface area contributed by atoms with Crippen LogP contribution in [0.1, 0.15) is 16.5 Å². The summed E-state index contributed by atoms with van der Waals surface area (Å²) in [6.45, 7) is 2.00. The van der Waals surface area contributed by atoms with Gasteiger partial charge in [0.2, 0.25) is 5.91 Å². The third kappa shape index (κ3) is 2.31. The molecule has 1 atom stereocenters. The number of halogens is 1. The summed E-state index contributed by atoms with van der Waals surface area (Å²) in [7, 11) is 0. The van der Waals surface area contributed by atoms with Crippen LogP contribution < -0.4 is 4.90 Å². The Balaban J connectivity index is 2.01. The van der Waals surface area contributed by atoms with Gasteiger partial charge in [0, 0.05) is 11.3 Å². The zero-order chi connectivity index (χ0) is 14.1. The fourth-order valence-corrected chi connectivity index (χ4v) is 3.51. The first-order valence-electron chi connectivity index (χ1n) is 6.41. The van der Waals surface area contributed by atoms with Crippen LogP contribution in [0.15, 0.2) is 48.5 Å². The predicted octanol–water partition coefficient (Wildman–Crippen LogP) is 3.91. The van der Waals surface area contributed by atoms with E-state index in [1.807, 2.05) is 31.2 Å². The standard InChI is InChI=1S/C16H14FNOS/c1-11-6-8-12(9-7-11)18-15(19)10-20-16(18)13-4-2-3-5-14(13)17/h2-9,16H,10H2,1H3/t16-/m1/s1. The third-order valence-electron chi connectivity index (χ3n) is 3.35. The average Bonchev–Trinajstić information content (AvgIpc) is 2.82. The number of carbonyl (C=O) groups excluding carboxylic acids is 1. The molecular weight excluding hydrogens is 273 g/mol. The number of hydrogen-bond donors (Lipinski definition) is 0. The van der Waals surface area contributed by atoms with Gasteiger partial charge in [0.1, 0.15) is 11.2 Å². The molecular formula is C16H14FNOS. The van der Waals surface area contributed by atoms with Crippen molar-refractivity contribution in [2.45, 2.75) is 12.3 Å².